The number of sulfonamides is 1. The van der Waals surface area contributed by atoms with E-state index in [0.717, 1.165) is 15.8 Å². The Labute approximate surface area is 204 Å². The van der Waals surface area contributed by atoms with Gasteiger partial charge in [0.2, 0.25) is 27.6 Å². The van der Waals surface area contributed by atoms with Crippen LogP contribution in [0.1, 0.15) is 29.2 Å². The van der Waals surface area contributed by atoms with Crippen LogP contribution < -0.4 is 5.32 Å². The second-order valence-corrected chi connectivity index (χ2v) is 12.5. The molecule has 1 aliphatic rings. The zero-order chi connectivity index (χ0) is 24.0. The van der Waals surface area contributed by atoms with E-state index in [0.29, 0.717) is 46.0 Å². The Morgan fingerprint density at radius 1 is 1.18 bits per heavy atom. The molecule has 0 aliphatic carbocycles. The number of fused-ring (bicyclic) bond motifs is 1. The Kier molecular flexibility index (Phi) is 6.00. The van der Waals surface area contributed by atoms with Gasteiger partial charge in [0.15, 0.2) is 5.13 Å². The first kappa shape index (κ1) is 23.1. The number of rotatable bonds is 5. The topological polar surface area (TPSA) is 118 Å². The van der Waals surface area contributed by atoms with Crippen LogP contribution in [-0.4, -0.2) is 46.8 Å². The number of nitrogens with zero attached hydrogens (tertiary/aromatic N) is 4. The number of piperidine rings is 1. The summed E-state index contributed by atoms with van der Waals surface area (Å²) in [6, 6.07) is 7.53. The zero-order valence-corrected chi connectivity index (χ0v) is 21.3. The monoisotopic (exact) mass is 517 g/mol. The van der Waals surface area contributed by atoms with Crippen molar-refractivity contribution in [3.8, 4) is 10.7 Å². The molecule has 0 saturated carbocycles. The second kappa shape index (κ2) is 8.84. The molecule has 34 heavy (non-hydrogen) atoms. The van der Waals surface area contributed by atoms with Gasteiger partial charge < -0.3 is 9.84 Å². The van der Waals surface area contributed by atoms with Crippen LogP contribution in [0.5, 0.6) is 0 Å². The lowest BCUT2D eigenvalue weighted by atomic mass is 9.99. The SMILES string of the molecule is Cc1ccc2nc(NC(=O)[C@@H]3CCCN(S(=O)(=O)c4cc(-c5noc(C)n5)sc4C)C3)sc2c1. The highest BCUT2D eigenvalue weighted by atomic mass is 32.2. The highest BCUT2D eigenvalue weighted by Crippen LogP contribution is 2.35. The number of carbonyl (C=O) groups excluding carboxylic acids is 1. The van der Waals surface area contributed by atoms with E-state index in [-0.39, 0.29) is 17.3 Å². The largest absolute Gasteiger partial charge is 0.339 e. The first-order valence-corrected chi connectivity index (χ1v) is 13.9. The number of amides is 1. The number of benzene rings is 1. The van der Waals surface area contributed by atoms with Gasteiger partial charge in [-0.3, -0.25) is 4.79 Å². The van der Waals surface area contributed by atoms with Crippen LogP contribution >= 0.6 is 22.7 Å². The smallest absolute Gasteiger partial charge is 0.244 e. The maximum Gasteiger partial charge on any atom is 0.244 e. The number of hydrogen-bond acceptors (Lipinski definition) is 9. The number of thiazole rings is 1. The summed E-state index contributed by atoms with van der Waals surface area (Å²) in [6.07, 6.45) is 1.23. The number of thiophene rings is 1. The molecule has 1 N–H and O–H groups in total. The quantitative estimate of drug-likeness (QED) is 0.417. The minimum absolute atomic E-state index is 0.129. The highest BCUT2D eigenvalue weighted by molar-refractivity contribution is 7.89. The standard InChI is InChI=1S/C22H23N5O4S3/c1-12-6-7-16-17(9-12)33-22(24-16)25-21(28)15-5-4-8-27(11-15)34(29,30)19-10-18(32-13(19)2)20-23-14(3)31-26-20/h6-7,9-10,15H,4-5,8,11H2,1-3H3,(H,24,25,28)/t15-/m1/s1. The van der Waals surface area contributed by atoms with Gasteiger partial charge in [0.1, 0.15) is 0 Å². The lowest BCUT2D eigenvalue weighted by molar-refractivity contribution is -0.120. The molecule has 12 heteroatoms. The van der Waals surface area contributed by atoms with Crippen molar-refractivity contribution in [1.29, 1.82) is 0 Å². The average molecular weight is 518 g/mol. The van der Waals surface area contributed by atoms with Gasteiger partial charge in [0.25, 0.3) is 0 Å². The Morgan fingerprint density at radius 3 is 2.76 bits per heavy atom. The van der Waals surface area contributed by atoms with E-state index in [1.807, 2.05) is 25.1 Å². The molecule has 0 radical (unpaired) electrons. The molecular formula is C22H23N5O4S3. The van der Waals surface area contributed by atoms with Crippen LogP contribution in [0, 0.1) is 26.7 Å². The van der Waals surface area contributed by atoms with E-state index in [1.54, 1.807) is 19.9 Å². The molecule has 0 spiro atoms. The lowest BCUT2D eigenvalue weighted by Crippen LogP contribution is -2.43. The Balaban J connectivity index is 1.33. The molecular weight excluding hydrogens is 494 g/mol. The van der Waals surface area contributed by atoms with Gasteiger partial charge >= 0.3 is 0 Å². The molecule has 1 saturated heterocycles. The fourth-order valence-corrected chi connectivity index (χ4v) is 8.01. The van der Waals surface area contributed by atoms with Crippen LogP contribution in [0.15, 0.2) is 33.7 Å². The van der Waals surface area contributed by atoms with E-state index < -0.39 is 15.9 Å². The lowest BCUT2D eigenvalue weighted by Gasteiger charge is -2.31. The molecule has 0 unspecified atom stereocenters. The van der Waals surface area contributed by atoms with Gasteiger partial charge in [-0.15, -0.1) is 11.3 Å². The van der Waals surface area contributed by atoms with Crippen molar-refractivity contribution in [2.75, 3.05) is 18.4 Å². The molecule has 4 aromatic rings. The van der Waals surface area contributed by atoms with Crippen molar-refractivity contribution < 1.29 is 17.7 Å². The predicted octanol–water partition coefficient (Wildman–Crippen LogP) is 4.37. The van der Waals surface area contributed by atoms with E-state index in [9.17, 15) is 13.2 Å². The predicted molar refractivity (Wildman–Crippen MR) is 132 cm³/mol. The summed E-state index contributed by atoms with van der Waals surface area (Å²) in [5.74, 6) is 0.129. The van der Waals surface area contributed by atoms with Gasteiger partial charge in [-0.05, 0) is 50.5 Å². The van der Waals surface area contributed by atoms with Crippen molar-refractivity contribution in [3.05, 3.63) is 40.6 Å². The summed E-state index contributed by atoms with van der Waals surface area (Å²) in [5, 5.41) is 7.31. The number of aromatic nitrogens is 3. The number of nitrogens with one attached hydrogen (secondary N) is 1. The van der Waals surface area contributed by atoms with Crippen LogP contribution in [0.4, 0.5) is 5.13 Å². The summed E-state index contributed by atoms with van der Waals surface area (Å²) in [4.78, 5) is 23.2. The molecule has 1 fully saturated rings. The summed E-state index contributed by atoms with van der Waals surface area (Å²) >= 11 is 2.72. The number of carbonyl (C=O) groups is 1. The van der Waals surface area contributed by atoms with Gasteiger partial charge in [0.05, 0.1) is 25.9 Å². The van der Waals surface area contributed by atoms with E-state index in [1.165, 1.54) is 27.0 Å². The van der Waals surface area contributed by atoms with Crippen LogP contribution in [0.3, 0.4) is 0 Å². The van der Waals surface area contributed by atoms with E-state index in [4.69, 9.17) is 4.52 Å². The van der Waals surface area contributed by atoms with Crippen LogP contribution in [0.2, 0.25) is 0 Å². The van der Waals surface area contributed by atoms with Crippen molar-refractivity contribution in [1.82, 2.24) is 19.4 Å². The average Bonchev–Trinajstić information content (AvgIpc) is 3.51. The number of hydrogen-bond donors (Lipinski definition) is 1. The zero-order valence-electron chi connectivity index (χ0n) is 18.9. The molecule has 1 atom stereocenters. The third kappa shape index (κ3) is 4.38. The molecule has 9 nitrogen and oxygen atoms in total. The Morgan fingerprint density at radius 2 is 2.00 bits per heavy atom. The summed E-state index contributed by atoms with van der Waals surface area (Å²) in [7, 11) is -3.77. The first-order chi connectivity index (χ1) is 16.2. The number of aryl methyl sites for hydroxylation is 3. The van der Waals surface area contributed by atoms with Crippen molar-refractivity contribution in [3.63, 3.8) is 0 Å². The molecule has 1 amide bonds. The Hall–Kier alpha value is -2.67. The van der Waals surface area contributed by atoms with Gasteiger partial charge in [0, 0.05) is 24.9 Å². The maximum atomic E-state index is 13.5. The molecule has 1 aromatic carbocycles. The van der Waals surface area contributed by atoms with Crippen LogP contribution in [0.25, 0.3) is 20.9 Å². The third-order valence-corrected chi connectivity index (χ3v) is 9.87. The fourth-order valence-electron chi connectivity index (χ4n) is 4.04. The maximum absolute atomic E-state index is 13.5. The number of anilines is 1. The summed E-state index contributed by atoms with van der Waals surface area (Å²) in [5.41, 5.74) is 1.96. The minimum atomic E-state index is -3.77. The molecule has 4 heterocycles. The van der Waals surface area contributed by atoms with Crippen molar-refractivity contribution in [2.24, 2.45) is 5.92 Å². The van der Waals surface area contributed by atoms with Gasteiger partial charge in [-0.1, -0.05) is 22.6 Å². The molecule has 0 bridgehead atoms. The van der Waals surface area contributed by atoms with E-state index >= 15 is 0 Å². The van der Waals surface area contributed by atoms with Gasteiger partial charge in [-0.25, -0.2) is 13.4 Å². The van der Waals surface area contributed by atoms with Crippen molar-refractivity contribution >= 4 is 54.0 Å². The highest BCUT2D eigenvalue weighted by Gasteiger charge is 2.35. The van der Waals surface area contributed by atoms with Crippen LogP contribution in [-0.2, 0) is 14.8 Å². The third-order valence-electron chi connectivity index (χ3n) is 5.77. The molecule has 178 valence electrons. The van der Waals surface area contributed by atoms with E-state index in [2.05, 4.69) is 20.4 Å². The summed E-state index contributed by atoms with van der Waals surface area (Å²) in [6.45, 7) is 5.96. The minimum Gasteiger partial charge on any atom is -0.339 e. The molecule has 5 rings (SSSR count). The Bertz CT molecular complexity index is 1490. The summed E-state index contributed by atoms with van der Waals surface area (Å²) < 4.78 is 34.4. The molecule has 3 aromatic heterocycles. The second-order valence-electron chi connectivity index (χ2n) is 8.35. The van der Waals surface area contributed by atoms with Crippen molar-refractivity contribution in [2.45, 2.75) is 38.5 Å². The fraction of sp³-hybridized carbons (Fsp3) is 0.364. The normalized spacial score (nSPS) is 17.3. The van der Waals surface area contributed by atoms with Gasteiger partial charge in [-0.2, -0.15) is 9.29 Å². The first-order valence-electron chi connectivity index (χ1n) is 10.8. The molecule has 1 aliphatic heterocycles.